The number of rotatable bonds is 2. The molecule has 0 fully saturated rings. The minimum absolute atomic E-state index is 0.0305. The summed E-state index contributed by atoms with van der Waals surface area (Å²) < 4.78 is 27.7. The largest absolute Gasteiger partial charge is 0.373 e. The number of hydrogen-bond acceptors (Lipinski definition) is 1. The summed E-state index contributed by atoms with van der Waals surface area (Å²) in [5.74, 6) is -1.09. The van der Waals surface area contributed by atoms with Crippen LogP contribution in [0.3, 0.4) is 0 Å². The van der Waals surface area contributed by atoms with Gasteiger partial charge in [0.25, 0.3) is 0 Å². The number of anilines is 1. The predicted octanol–water partition coefficient (Wildman–Crippen LogP) is 5.19. The van der Waals surface area contributed by atoms with E-state index in [0.717, 1.165) is 18.4 Å². The highest BCUT2D eigenvalue weighted by Gasteiger charge is 2.32. The summed E-state index contributed by atoms with van der Waals surface area (Å²) in [5.41, 5.74) is 2.46. The van der Waals surface area contributed by atoms with E-state index >= 15 is 0 Å². The third kappa shape index (κ3) is 2.53. The molecule has 0 aromatic heterocycles. The second kappa shape index (κ2) is 5.14. The standard InChI is InChI=1S/C18H19F2N/c1-18(2)11-10-16(12-6-3-4-7-13(12)18)21-17-14(19)8-5-9-15(17)20/h3-9,16,21H,10-11H2,1-2H3. The van der Waals surface area contributed by atoms with Gasteiger partial charge in [-0.1, -0.05) is 44.2 Å². The molecule has 1 unspecified atom stereocenters. The van der Waals surface area contributed by atoms with Crippen molar-refractivity contribution in [2.24, 2.45) is 0 Å². The van der Waals surface area contributed by atoms with Gasteiger partial charge >= 0.3 is 0 Å². The average Bonchev–Trinajstić information content (AvgIpc) is 2.45. The molecule has 0 heterocycles. The van der Waals surface area contributed by atoms with E-state index in [1.54, 1.807) is 0 Å². The van der Waals surface area contributed by atoms with E-state index in [4.69, 9.17) is 0 Å². The Morgan fingerprint density at radius 2 is 1.67 bits per heavy atom. The fraction of sp³-hybridized carbons (Fsp3) is 0.333. The van der Waals surface area contributed by atoms with Crippen molar-refractivity contribution in [2.75, 3.05) is 5.32 Å². The lowest BCUT2D eigenvalue weighted by Gasteiger charge is -2.37. The summed E-state index contributed by atoms with van der Waals surface area (Å²) in [6.07, 6.45) is 1.84. The molecular weight excluding hydrogens is 268 g/mol. The lowest BCUT2D eigenvalue weighted by Crippen LogP contribution is -2.29. The van der Waals surface area contributed by atoms with Crippen LogP contribution in [-0.4, -0.2) is 0 Å². The second-order valence-corrected chi connectivity index (χ2v) is 6.30. The molecule has 1 aliphatic rings. The first-order chi connectivity index (χ1) is 9.99. The molecule has 3 rings (SSSR count). The summed E-state index contributed by atoms with van der Waals surface area (Å²) in [4.78, 5) is 0. The van der Waals surface area contributed by atoms with Gasteiger partial charge in [0, 0.05) is 0 Å². The van der Waals surface area contributed by atoms with E-state index in [9.17, 15) is 8.78 Å². The molecule has 1 atom stereocenters. The van der Waals surface area contributed by atoms with Crippen molar-refractivity contribution in [3.8, 4) is 0 Å². The van der Waals surface area contributed by atoms with Crippen LogP contribution in [0.5, 0.6) is 0 Å². The summed E-state index contributed by atoms with van der Waals surface area (Å²) in [6.45, 7) is 4.43. The van der Waals surface area contributed by atoms with E-state index in [0.29, 0.717) is 0 Å². The minimum atomic E-state index is -0.544. The maximum atomic E-state index is 13.8. The van der Waals surface area contributed by atoms with Gasteiger partial charge in [-0.25, -0.2) is 8.78 Å². The molecule has 0 spiro atoms. The molecule has 1 nitrogen and oxygen atoms in total. The van der Waals surface area contributed by atoms with Crippen molar-refractivity contribution in [1.82, 2.24) is 0 Å². The Labute approximate surface area is 124 Å². The first-order valence-corrected chi connectivity index (χ1v) is 7.29. The predicted molar refractivity (Wildman–Crippen MR) is 81.4 cm³/mol. The number of fused-ring (bicyclic) bond motifs is 1. The molecule has 0 saturated carbocycles. The number of halogens is 2. The fourth-order valence-electron chi connectivity index (χ4n) is 3.17. The van der Waals surface area contributed by atoms with Gasteiger partial charge in [0.15, 0.2) is 0 Å². The molecule has 2 aromatic carbocycles. The lowest BCUT2D eigenvalue weighted by molar-refractivity contribution is 0.404. The molecule has 0 radical (unpaired) electrons. The molecular formula is C18H19F2N. The average molecular weight is 287 g/mol. The Morgan fingerprint density at radius 3 is 2.38 bits per heavy atom. The van der Waals surface area contributed by atoms with Crippen LogP contribution in [0.15, 0.2) is 42.5 Å². The minimum Gasteiger partial charge on any atom is -0.373 e. The quantitative estimate of drug-likeness (QED) is 0.801. The maximum absolute atomic E-state index is 13.8. The van der Waals surface area contributed by atoms with Crippen LogP contribution in [0.2, 0.25) is 0 Å². The summed E-state index contributed by atoms with van der Waals surface area (Å²) in [7, 11) is 0. The first kappa shape index (κ1) is 14.1. The molecule has 110 valence electrons. The second-order valence-electron chi connectivity index (χ2n) is 6.30. The van der Waals surface area contributed by atoms with Crippen molar-refractivity contribution in [3.63, 3.8) is 0 Å². The molecule has 21 heavy (non-hydrogen) atoms. The Hall–Kier alpha value is -1.90. The molecule has 1 N–H and O–H groups in total. The first-order valence-electron chi connectivity index (χ1n) is 7.29. The SMILES string of the molecule is CC1(C)CCC(Nc2c(F)cccc2F)c2ccccc21. The zero-order valence-corrected chi connectivity index (χ0v) is 12.3. The van der Waals surface area contributed by atoms with Crippen molar-refractivity contribution in [2.45, 2.75) is 38.1 Å². The highest BCUT2D eigenvalue weighted by atomic mass is 19.1. The van der Waals surface area contributed by atoms with E-state index < -0.39 is 11.6 Å². The lowest BCUT2D eigenvalue weighted by atomic mass is 9.71. The van der Waals surface area contributed by atoms with Crippen molar-refractivity contribution in [3.05, 3.63) is 65.2 Å². The molecule has 0 saturated heterocycles. The van der Waals surface area contributed by atoms with Crippen molar-refractivity contribution < 1.29 is 8.78 Å². The van der Waals surface area contributed by atoms with E-state index in [2.05, 4.69) is 25.2 Å². The highest BCUT2D eigenvalue weighted by molar-refractivity contribution is 5.50. The van der Waals surface area contributed by atoms with Crippen LogP contribution in [-0.2, 0) is 5.41 Å². The van der Waals surface area contributed by atoms with E-state index in [1.807, 2.05) is 18.2 Å². The van der Waals surface area contributed by atoms with Gasteiger partial charge in [-0.2, -0.15) is 0 Å². The Bertz CT molecular complexity index is 644. The number of benzene rings is 2. The number of nitrogens with one attached hydrogen (secondary N) is 1. The Morgan fingerprint density at radius 1 is 1.00 bits per heavy atom. The molecule has 0 aliphatic heterocycles. The molecule has 2 aromatic rings. The summed E-state index contributed by atoms with van der Waals surface area (Å²) in [5, 5.41) is 3.06. The van der Waals surface area contributed by atoms with E-state index in [1.165, 1.54) is 23.8 Å². The van der Waals surface area contributed by atoms with Crippen LogP contribution < -0.4 is 5.32 Å². The topological polar surface area (TPSA) is 12.0 Å². The molecule has 0 amide bonds. The zero-order chi connectivity index (χ0) is 15.0. The zero-order valence-electron chi connectivity index (χ0n) is 12.3. The highest BCUT2D eigenvalue weighted by Crippen LogP contribution is 2.42. The van der Waals surface area contributed by atoms with Gasteiger partial charge in [0.1, 0.15) is 17.3 Å². The normalized spacial score (nSPS) is 19.9. The van der Waals surface area contributed by atoms with Gasteiger partial charge in [0.2, 0.25) is 0 Å². The molecule has 3 heteroatoms. The summed E-state index contributed by atoms with van der Waals surface area (Å²) in [6, 6.07) is 12.1. The maximum Gasteiger partial charge on any atom is 0.149 e. The molecule has 1 aliphatic carbocycles. The third-order valence-corrected chi connectivity index (χ3v) is 4.40. The molecule has 0 bridgehead atoms. The summed E-state index contributed by atoms with van der Waals surface area (Å²) >= 11 is 0. The third-order valence-electron chi connectivity index (χ3n) is 4.40. The number of para-hydroxylation sites is 1. The Kier molecular flexibility index (Phi) is 3.44. The van der Waals surface area contributed by atoms with Crippen LogP contribution in [0.25, 0.3) is 0 Å². The van der Waals surface area contributed by atoms with E-state index in [-0.39, 0.29) is 17.1 Å². The van der Waals surface area contributed by atoms with Gasteiger partial charge in [-0.3, -0.25) is 0 Å². The van der Waals surface area contributed by atoms with Crippen LogP contribution in [0.1, 0.15) is 43.9 Å². The van der Waals surface area contributed by atoms with Gasteiger partial charge in [0.05, 0.1) is 6.04 Å². The Balaban J connectivity index is 1.98. The van der Waals surface area contributed by atoms with Crippen LogP contribution >= 0.6 is 0 Å². The van der Waals surface area contributed by atoms with Crippen LogP contribution in [0.4, 0.5) is 14.5 Å². The smallest absolute Gasteiger partial charge is 0.149 e. The van der Waals surface area contributed by atoms with Gasteiger partial charge < -0.3 is 5.32 Å². The van der Waals surface area contributed by atoms with Gasteiger partial charge in [-0.05, 0) is 41.5 Å². The van der Waals surface area contributed by atoms with Crippen molar-refractivity contribution >= 4 is 5.69 Å². The fourth-order valence-corrected chi connectivity index (χ4v) is 3.17. The van der Waals surface area contributed by atoms with Gasteiger partial charge in [-0.15, -0.1) is 0 Å². The van der Waals surface area contributed by atoms with Crippen molar-refractivity contribution in [1.29, 1.82) is 0 Å². The monoisotopic (exact) mass is 287 g/mol. The van der Waals surface area contributed by atoms with Crippen LogP contribution in [0, 0.1) is 11.6 Å². The number of hydrogen-bond donors (Lipinski definition) is 1.